The number of nitriles is 1. The molecule has 0 unspecified atom stereocenters. The number of hydrogen-bond donors (Lipinski definition) is 2. The molecule has 0 spiro atoms. The number of carbonyl (C=O) groups excluding carboxylic acids is 1. The second-order valence-electron chi connectivity index (χ2n) is 5.91. The van der Waals surface area contributed by atoms with Crippen molar-refractivity contribution < 1.29 is 14.3 Å². The number of hydrogen-bond acceptors (Lipinski definition) is 5. The third kappa shape index (κ3) is 5.37. The lowest BCUT2D eigenvalue weighted by Gasteiger charge is -2.09. The van der Waals surface area contributed by atoms with Crippen molar-refractivity contribution >= 4 is 17.3 Å². The van der Waals surface area contributed by atoms with Gasteiger partial charge in [-0.2, -0.15) is 5.26 Å². The van der Waals surface area contributed by atoms with Crippen LogP contribution >= 0.6 is 0 Å². The minimum absolute atomic E-state index is 0.0690. The summed E-state index contributed by atoms with van der Waals surface area (Å²) in [5.41, 5.74) is 1.13. The van der Waals surface area contributed by atoms with E-state index in [1.807, 2.05) is 36.4 Å². The number of amides is 1. The lowest BCUT2D eigenvalue weighted by atomic mass is 10.2. The predicted molar refractivity (Wildman–Crippen MR) is 112 cm³/mol. The van der Waals surface area contributed by atoms with Crippen molar-refractivity contribution in [3.63, 3.8) is 0 Å². The van der Waals surface area contributed by atoms with Gasteiger partial charge in [0.05, 0.1) is 12.8 Å². The van der Waals surface area contributed by atoms with Crippen LogP contribution < -0.4 is 20.1 Å². The van der Waals surface area contributed by atoms with Crippen molar-refractivity contribution in [3.05, 3.63) is 90.6 Å². The highest BCUT2D eigenvalue weighted by Gasteiger charge is 2.11. The van der Waals surface area contributed by atoms with Crippen molar-refractivity contribution in [1.29, 1.82) is 5.26 Å². The van der Waals surface area contributed by atoms with E-state index in [1.54, 1.807) is 48.5 Å². The molecule has 6 heteroatoms. The van der Waals surface area contributed by atoms with Gasteiger partial charge in [0.2, 0.25) is 0 Å². The maximum Gasteiger partial charge on any atom is 0.267 e. The average molecular weight is 385 g/mol. The van der Waals surface area contributed by atoms with Crippen molar-refractivity contribution in [2.24, 2.45) is 0 Å². The summed E-state index contributed by atoms with van der Waals surface area (Å²) in [5, 5.41) is 14.9. The Morgan fingerprint density at radius 3 is 2.28 bits per heavy atom. The Morgan fingerprint density at radius 2 is 1.59 bits per heavy atom. The Morgan fingerprint density at radius 1 is 0.931 bits per heavy atom. The highest BCUT2D eigenvalue weighted by Crippen LogP contribution is 2.24. The quantitative estimate of drug-likeness (QED) is 0.444. The number of rotatable bonds is 7. The van der Waals surface area contributed by atoms with E-state index in [-0.39, 0.29) is 5.57 Å². The van der Waals surface area contributed by atoms with Gasteiger partial charge in [-0.15, -0.1) is 0 Å². The summed E-state index contributed by atoms with van der Waals surface area (Å²) in [6, 6.07) is 25.5. The molecular formula is C23H19N3O3. The summed E-state index contributed by atoms with van der Waals surface area (Å²) in [7, 11) is 1.51. The molecule has 144 valence electrons. The van der Waals surface area contributed by atoms with Crippen molar-refractivity contribution in [2.45, 2.75) is 0 Å². The van der Waals surface area contributed by atoms with Gasteiger partial charge in [-0.3, -0.25) is 4.79 Å². The fourth-order valence-corrected chi connectivity index (χ4v) is 2.49. The number of nitrogens with one attached hydrogen (secondary N) is 2. The molecule has 0 radical (unpaired) electrons. The van der Waals surface area contributed by atoms with E-state index < -0.39 is 5.91 Å². The van der Waals surface area contributed by atoms with Gasteiger partial charge in [0, 0.05) is 11.9 Å². The highest BCUT2D eigenvalue weighted by atomic mass is 16.5. The number of nitrogens with zero attached hydrogens (tertiary/aromatic N) is 1. The third-order valence-electron chi connectivity index (χ3n) is 3.94. The molecule has 1 amide bonds. The Hall–Kier alpha value is -4.24. The van der Waals surface area contributed by atoms with Crippen LogP contribution in [-0.2, 0) is 4.79 Å². The molecule has 3 rings (SSSR count). The predicted octanol–water partition coefficient (Wildman–Crippen LogP) is 4.95. The van der Waals surface area contributed by atoms with Gasteiger partial charge in [0.1, 0.15) is 28.9 Å². The normalized spacial score (nSPS) is 10.6. The zero-order chi connectivity index (χ0) is 20.5. The zero-order valence-electron chi connectivity index (χ0n) is 15.8. The van der Waals surface area contributed by atoms with Gasteiger partial charge >= 0.3 is 0 Å². The summed E-state index contributed by atoms with van der Waals surface area (Å²) >= 11 is 0. The topological polar surface area (TPSA) is 83.4 Å². The molecular weight excluding hydrogens is 366 g/mol. The molecule has 0 aliphatic rings. The van der Waals surface area contributed by atoms with Gasteiger partial charge < -0.3 is 20.1 Å². The highest BCUT2D eigenvalue weighted by molar-refractivity contribution is 6.07. The Bertz CT molecular complexity index is 1040. The van der Waals surface area contributed by atoms with Crippen molar-refractivity contribution in [3.8, 4) is 23.3 Å². The molecule has 0 fully saturated rings. The smallest absolute Gasteiger partial charge is 0.267 e. The number of ether oxygens (including phenoxy) is 2. The molecule has 0 bridgehead atoms. The second-order valence-corrected chi connectivity index (χ2v) is 5.91. The molecule has 0 saturated carbocycles. The molecule has 6 nitrogen and oxygen atoms in total. The summed E-state index contributed by atoms with van der Waals surface area (Å²) < 4.78 is 10.9. The first-order valence-corrected chi connectivity index (χ1v) is 8.84. The first kappa shape index (κ1) is 19.5. The lowest BCUT2D eigenvalue weighted by molar-refractivity contribution is -0.112. The molecule has 3 aromatic carbocycles. The maximum atomic E-state index is 12.4. The molecule has 0 aromatic heterocycles. The van der Waals surface area contributed by atoms with E-state index in [0.717, 1.165) is 5.75 Å². The largest absolute Gasteiger partial charge is 0.495 e. The summed E-state index contributed by atoms with van der Waals surface area (Å²) in [5.74, 6) is 1.40. The molecule has 0 aliphatic heterocycles. The van der Waals surface area contributed by atoms with Gasteiger partial charge in [0.15, 0.2) is 0 Å². The van der Waals surface area contributed by atoms with Crippen LogP contribution in [0.5, 0.6) is 17.2 Å². The summed E-state index contributed by atoms with van der Waals surface area (Å²) in [6.07, 6.45) is 1.36. The van der Waals surface area contributed by atoms with Crippen molar-refractivity contribution in [2.75, 3.05) is 17.7 Å². The van der Waals surface area contributed by atoms with Gasteiger partial charge in [-0.1, -0.05) is 30.3 Å². The van der Waals surface area contributed by atoms with Crippen LogP contribution in [0.25, 0.3) is 0 Å². The number of para-hydroxylation sites is 3. The first-order chi connectivity index (χ1) is 14.2. The van der Waals surface area contributed by atoms with Gasteiger partial charge in [0.25, 0.3) is 5.91 Å². The minimum atomic E-state index is -0.534. The monoisotopic (exact) mass is 385 g/mol. The fourth-order valence-electron chi connectivity index (χ4n) is 2.49. The van der Waals surface area contributed by atoms with Gasteiger partial charge in [-0.25, -0.2) is 0 Å². The second kappa shape index (κ2) is 9.62. The van der Waals surface area contributed by atoms with Crippen molar-refractivity contribution in [1.82, 2.24) is 0 Å². The molecule has 2 N–H and O–H groups in total. The fraction of sp³-hybridized carbons (Fsp3) is 0.0435. The van der Waals surface area contributed by atoms with Crippen LogP contribution in [0, 0.1) is 11.3 Å². The summed E-state index contributed by atoms with van der Waals surface area (Å²) in [4.78, 5) is 12.4. The van der Waals surface area contributed by atoms with E-state index >= 15 is 0 Å². The van der Waals surface area contributed by atoms with E-state index in [9.17, 15) is 10.1 Å². The number of methoxy groups -OCH3 is 1. The summed E-state index contributed by atoms with van der Waals surface area (Å²) in [6.45, 7) is 0. The Kier molecular flexibility index (Phi) is 6.48. The average Bonchev–Trinajstić information content (AvgIpc) is 2.76. The number of carbonyl (C=O) groups is 1. The van der Waals surface area contributed by atoms with E-state index in [1.165, 1.54) is 13.3 Å². The molecule has 0 heterocycles. The maximum absolute atomic E-state index is 12.4. The molecule has 0 aliphatic carbocycles. The SMILES string of the molecule is COc1ccccc1NC(=O)/C(C#N)=C\Nc1ccc(Oc2ccccc2)cc1. The standard InChI is InChI=1S/C23H19N3O3/c1-28-22-10-6-5-9-21(22)26-23(27)17(15-24)16-25-18-11-13-20(14-12-18)29-19-7-3-2-4-8-19/h2-14,16,25H,1H3,(H,26,27)/b17-16-. The van der Waals surface area contributed by atoms with Gasteiger partial charge in [-0.05, 0) is 48.5 Å². The Balaban J connectivity index is 1.64. The Labute approximate surface area is 169 Å². The van der Waals surface area contributed by atoms with Crippen LogP contribution in [0.1, 0.15) is 0 Å². The van der Waals surface area contributed by atoms with Crippen LogP contribution in [0.15, 0.2) is 90.6 Å². The number of benzene rings is 3. The minimum Gasteiger partial charge on any atom is -0.495 e. The molecule has 29 heavy (non-hydrogen) atoms. The lowest BCUT2D eigenvalue weighted by Crippen LogP contribution is -2.15. The van der Waals surface area contributed by atoms with Crippen LogP contribution in [-0.4, -0.2) is 13.0 Å². The number of anilines is 2. The first-order valence-electron chi connectivity index (χ1n) is 8.84. The van der Waals surface area contributed by atoms with Crippen LogP contribution in [0.3, 0.4) is 0 Å². The molecule has 0 atom stereocenters. The van der Waals surface area contributed by atoms with E-state index in [2.05, 4.69) is 10.6 Å². The zero-order valence-corrected chi connectivity index (χ0v) is 15.8. The third-order valence-corrected chi connectivity index (χ3v) is 3.94. The van der Waals surface area contributed by atoms with E-state index in [0.29, 0.717) is 22.9 Å². The molecule has 0 saturated heterocycles. The van der Waals surface area contributed by atoms with E-state index in [4.69, 9.17) is 9.47 Å². The van der Waals surface area contributed by atoms with Crippen LogP contribution in [0.4, 0.5) is 11.4 Å². The van der Waals surface area contributed by atoms with Crippen LogP contribution in [0.2, 0.25) is 0 Å². The molecule has 3 aromatic rings.